The number of carbonyl (C=O) groups is 1. The van der Waals surface area contributed by atoms with Crippen LogP contribution in [-0.4, -0.2) is 27.2 Å². The minimum absolute atomic E-state index is 0.00441. The van der Waals surface area contributed by atoms with E-state index in [0.29, 0.717) is 17.5 Å². The predicted molar refractivity (Wildman–Crippen MR) is 85.1 cm³/mol. The second-order valence-corrected chi connectivity index (χ2v) is 5.12. The molecule has 2 rings (SSSR count). The predicted octanol–water partition coefficient (Wildman–Crippen LogP) is 3.06. The molecule has 0 aliphatic carbocycles. The van der Waals surface area contributed by atoms with Gasteiger partial charge in [-0.2, -0.15) is 0 Å². The molecule has 0 saturated carbocycles. The van der Waals surface area contributed by atoms with E-state index in [1.165, 1.54) is 31.2 Å². The van der Waals surface area contributed by atoms with Gasteiger partial charge in [0.15, 0.2) is 5.78 Å². The molecule has 0 spiro atoms. The minimum atomic E-state index is -1.13. The molecule has 0 aliphatic heterocycles. The van der Waals surface area contributed by atoms with Crippen LogP contribution in [0.5, 0.6) is 11.5 Å². The highest BCUT2D eigenvalue weighted by Crippen LogP contribution is 2.36. The Bertz CT molecular complexity index is 717. The maximum Gasteiger partial charge on any atom is 0.190 e. The lowest BCUT2D eigenvalue weighted by Gasteiger charge is -2.11. The number of aromatic hydroxyl groups is 2. The molecule has 114 valence electrons. The van der Waals surface area contributed by atoms with Crippen LogP contribution >= 0.6 is 0 Å². The van der Waals surface area contributed by atoms with Gasteiger partial charge in [0.25, 0.3) is 0 Å². The van der Waals surface area contributed by atoms with Crippen LogP contribution in [0.1, 0.15) is 22.8 Å². The standard InChI is InChI=1S/C18H18O4/c1-3-4-12-5-7-16(20)14(9-12)15-10-13(6-8-17(15)21)18(22)11(2)19/h3,5-11,19-21H,1,4H2,2H3/t11-/m0/s1. The molecular formula is C18H18O4. The lowest BCUT2D eigenvalue weighted by atomic mass is 9.96. The Kier molecular flexibility index (Phi) is 4.63. The van der Waals surface area contributed by atoms with Gasteiger partial charge in [0.1, 0.15) is 17.6 Å². The van der Waals surface area contributed by atoms with Crippen LogP contribution in [0.3, 0.4) is 0 Å². The monoisotopic (exact) mass is 298 g/mol. The Hall–Kier alpha value is -2.59. The van der Waals surface area contributed by atoms with Crippen LogP contribution < -0.4 is 0 Å². The summed E-state index contributed by atoms with van der Waals surface area (Å²) in [5, 5.41) is 29.5. The second kappa shape index (κ2) is 6.45. The summed E-state index contributed by atoms with van der Waals surface area (Å²) in [4.78, 5) is 11.9. The first-order valence-corrected chi connectivity index (χ1v) is 6.92. The Balaban J connectivity index is 2.56. The van der Waals surface area contributed by atoms with E-state index in [1.807, 2.05) is 0 Å². The number of carbonyl (C=O) groups excluding carboxylic acids is 1. The number of Topliss-reactive ketones (excluding diaryl/α,β-unsaturated/α-hetero) is 1. The fourth-order valence-corrected chi connectivity index (χ4v) is 2.24. The van der Waals surface area contributed by atoms with E-state index < -0.39 is 11.9 Å². The fraction of sp³-hybridized carbons (Fsp3) is 0.167. The van der Waals surface area contributed by atoms with Gasteiger partial charge in [-0.25, -0.2) is 0 Å². The molecule has 3 N–H and O–H groups in total. The van der Waals surface area contributed by atoms with Crippen molar-refractivity contribution in [3.8, 4) is 22.6 Å². The van der Waals surface area contributed by atoms with Crippen molar-refractivity contribution in [1.29, 1.82) is 0 Å². The van der Waals surface area contributed by atoms with Crippen LogP contribution in [0.25, 0.3) is 11.1 Å². The van der Waals surface area contributed by atoms with Gasteiger partial charge in [0.05, 0.1) is 0 Å². The lowest BCUT2D eigenvalue weighted by Crippen LogP contribution is -2.15. The van der Waals surface area contributed by atoms with Crippen molar-refractivity contribution in [3.63, 3.8) is 0 Å². The summed E-state index contributed by atoms with van der Waals surface area (Å²) in [6.07, 6.45) is 1.24. The average molecular weight is 298 g/mol. The summed E-state index contributed by atoms with van der Waals surface area (Å²) in [5.74, 6) is -0.485. The zero-order valence-electron chi connectivity index (χ0n) is 12.3. The molecule has 4 nitrogen and oxygen atoms in total. The van der Waals surface area contributed by atoms with Gasteiger partial charge in [0, 0.05) is 16.7 Å². The molecule has 0 radical (unpaired) electrons. The summed E-state index contributed by atoms with van der Waals surface area (Å²) < 4.78 is 0. The molecule has 0 saturated heterocycles. The number of benzene rings is 2. The molecule has 2 aromatic rings. The van der Waals surface area contributed by atoms with E-state index in [4.69, 9.17) is 0 Å². The number of ketones is 1. The number of hydrogen-bond donors (Lipinski definition) is 3. The normalized spacial score (nSPS) is 11.9. The van der Waals surface area contributed by atoms with E-state index in [2.05, 4.69) is 6.58 Å². The first-order valence-electron chi connectivity index (χ1n) is 6.92. The number of aliphatic hydroxyl groups excluding tert-OH is 1. The number of hydrogen-bond acceptors (Lipinski definition) is 4. The molecule has 0 fully saturated rings. The van der Waals surface area contributed by atoms with E-state index in [1.54, 1.807) is 18.2 Å². The SMILES string of the molecule is C=CCc1ccc(O)c(-c2cc(C(=O)[C@H](C)O)ccc2O)c1. The van der Waals surface area contributed by atoms with Gasteiger partial charge < -0.3 is 15.3 Å². The van der Waals surface area contributed by atoms with Crippen molar-refractivity contribution >= 4 is 5.78 Å². The summed E-state index contributed by atoms with van der Waals surface area (Å²) >= 11 is 0. The molecule has 0 unspecified atom stereocenters. The van der Waals surface area contributed by atoms with Gasteiger partial charge in [-0.05, 0) is 49.2 Å². The van der Waals surface area contributed by atoms with Gasteiger partial charge in [0.2, 0.25) is 0 Å². The number of aliphatic hydroxyl groups is 1. The largest absolute Gasteiger partial charge is 0.507 e. The van der Waals surface area contributed by atoms with Crippen LogP contribution in [0.4, 0.5) is 0 Å². The molecule has 0 heterocycles. The number of phenols is 2. The van der Waals surface area contributed by atoms with Crippen molar-refractivity contribution in [2.24, 2.45) is 0 Å². The first-order chi connectivity index (χ1) is 10.4. The third-order valence-corrected chi connectivity index (χ3v) is 3.39. The summed E-state index contributed by atoms with van der Waals surface area (Å²) in [6.45, 7) is 5.06. The number of rotatable bonds is 5. The maximum absolute atomic E-state index is 11.9. The second-order valence-electron chi connectivity index (χ2n) is 5.12. The zero-order valence-corrected chi connectivity index (χ0v) is 12.3. The lowest BCUT2D eigenvalue weighted by molar-refractivity contribution is 0.0779. The van der Waals surface area contributed by atoms with Gasteiger partial charge >= 0.3 is 0 Å². The van der Waals surface area contributed by atoms with Gasteiger partial charge in [-0.15, -0.1) is 6.58 Å². The highest BCUT2D eigenvalue weighted by Gasteiger charge is 2.16. The number of phenolic OH excluding ortho intramolecular Hbond substituents is 2. The molecule has 2 aromatic carbocycles. The van der Waals surface area contributed by atoms with Crippen LogP contribution in [0.2, 0.25) is 0 Å². The topological polar surface area (TPSA) is 77.8 Å². The van der Waals surface area contributed by atoms with Gasteiger partial charge in [-0.1, -0.05) is 12.1 Å². The van der Waals surface area contributed by atoms with Crippen molar-refractivity contribution < 1.29 is 20.1 Å². The molecule has 4 heteroatoms. The molecular weight excluding hydrogens is 280 g/mol. The summed E-state index contributed by atoms with van der Waals surface area (Å²) in [7, 11) is 0. The first kappa shape index (κ1) is 15.8. The third kappa shape index (κ3) is 3.18. The van der Waals surface area contributed by atoms with Crippen molar-refractivity contribution in [1.82, 2.24) is 0 Å². The van der Waals surface area contributed by atoms with Crippen molar-refractivity contribution in [3.05, 3.63) is 60.2 Å². The highest BCUT2D eigenvalue weighted by atomic mass is 16.3. The van der Waals surface area contributed by atoms with Crippen LogP contribution in [0.15, 0.2) is 49.1 Å². The zero-order chi connectivity index (χ0) is 16.3. The minimum Gasteiger partial charge on any atom is -0.507 e. The summed E-state index contributed by atoms with van der Waals surface area (Å²) in [5.41, 5.74) is 1.97. The Morgan fingerprint density at radius 2 is 1.73 bits per heavy atom. The molecule has 0 aromatic heterocycles. The van der Waals surface area contributed by atoms with Crippen LogP contribution in [0, 0.1) is 0 Å². The Morgan fingerprint density at radius 3 is 2.32 bits per heavy atom. The van der Waals surface area contributed by atoms with Crippen LogP contribution in [-0.2, 0) is 6.42 Å². The summed E-state index contributed by atoms with van der Waals surface area (Å²) in [6, 6.07) is 9.34. The Labute approximate surface area is 129 Å². The molecule has 1 atom stereocenters. The van der Waals surface area contributed by atoms with Gasteiger partial charge in [-0.3, -0.25) is 4.79 Å². The molecule has 0 bridgehead atoms. The molecule has 0 aliphatic rings. The fourth-order valence-electron chi connectivity index (χ4n) is 2.24. The molecule has 0 amide bonds. The highest BCUT2D eigenvalue weighted by molar-refractivity contribution is 6.00. The smallest absolute Gasteiger partial charge is 0.190 e. The maximum atomic E-state index is 11.9. The van der Waals surface area contributed by atoms with Crippen molar-refractivity contribution in [2.75, 3.05) is 0 Å². The quantitative estimate of drug-likeness (QED) is 0.585. The van der Waals surface area contributed by atoms with E-state index >= 15 is 0 Å². The third-order valence-electron chi connectivity index (χ3n) is 3.39. The van der Waals surface area contributed by atoms with E-state index in [0.717, 1.165) is 5.56 Å². The molecule has 22 heavy (non-hydrogen) atoms. The average Bonchev–Trinajstić information content (AvgIpc) is 2.49. The number of allylic oxidation sites excluding steroid dienone is 1. The van der Waals surface area contributed by atoms with E-state index in [9.17, 15) is 20.1 Å². The van der Waals surface area contributed by atoms with Crippen molar-refractivity contribution in [2.45, 2.75) is 19.4 Å². The van der Waals surface area contributed by atoms with E-state index in [-0.39, 0.29) is 17.1 Å². The Morgan fingerprint density at radius 1 is 1.14 bits per heavy atom.